The lowest BCUT2D eigenvalue weighted by Gasteiger charge is -2.38. The van der Waals surface area contributed by atoms with Crippen molar-refractivity contribution in [1.29, 1.82) is 0 Å². The summed E-state index contributed by atoms with van der Waals surface area (Å²) in [4.78, 5) is 36.6. The highest BCUT2D eigenvalue weighted by Gasteiger charge is 2.47. The van der Waals surface area contributed by atoms with Gasteiger partial charge < -0.3 is 0 Å². The number of barbiturate groups is 1. The predicted molar refractivity (Wildman–Crippen MR) is 67.7 cm³/mol. The van der Waals surface area contributed by atoms with Gasteiger partial charge in [-0.1, -0.05) is 27.7 Å². The van der Waals surface area contributed by atoms with Crippen LogP contribution in [0.15, 0.2) is 0 Å². The Morgan fingerprint density at radius 3 is 2.17 bits per heavy atom. The molecule has 0 radical (unpaired) electrons. The zero-order chi connectivity index (χ0) is 14.3. The van der Waals surface area contributed by atoms with Crippen LogP contribution in [-0.2, 0) is 9.59 Å². The van der Waals surface area contributed by atoms with Gasteiger partial charge in [-0.15, -0.1) is 0 Å². The molecule has 5 nitrogen and oxygen atoms in total. The van der Waals surface area contributed by atoms with Gasteiger partial charge in [0.15, 0.2) is 0 Å². The van der Waals surface area contributed by atoms with E-state index in [1.54, 1.807) is 0 Å². The molecule has 1 fully saturated rings. The van der Waals surface area contributed by atoms with Gasteiger partial charge in [0.1, 0.15) is 5.41 Å². The number of hydrogen-bond donors (Lipinski definition) is 1. The van der Waals surface area contributed by atoms with E-state index in [9.17, 15) is 14.4 Å². The largest absolute Gasteiger partial charge is 0.330 e. The van der Waals surface area contributed by atoms with Gasteiger partial charge in [0, 0.05) is 6.54 Å². The van der Waals surface area contributed by atoms with Crippen molar-refractivity contribution in [3.05, 3.63) is 0 Å². The molecule has 1 saturated heterocycles. The van der Waals surface area contributed by atoms with E-state index in [0.29, 0.717) is 6.54 Å². The maximum Gasteiger partial charge on any atom is 0.330 e. The summed E-state index contributed by atoms with van der Waals surface area (Å²) in [6.45, 7) is 11.5. The molecular formula is C13H22N2O3. The normalized spacial score (nSPS) is 21.9. The standard InChI is InChI=1S/C13H22N2O3/c1-8(12(2,3)4)7-15-10(17)13(5,6)9(16)14-11(15)18/h8H,7H2,1-6H3,(H,14,16,18). The summed E-state index contributed by atoms with van der Waals surface area (Å²) < 4.78 is 0. The van der Waals surface area contributed by atoms with Crippen molar-refractivity contribution in [3.63, 3.8) is 0 Å². The minimum Gasteiger partial charge on any atom is -0.277 e. The molecule has 4 amide bonds. The van der Waals surface area contributed by atoms with Crippen molar-refractivity contribution in [3.8, 4) is 0 Å². The first kappa shape index (κ1) is 14.7. The summed E-state index contributed by atoms with van der Waals surface area (Å²) in [7, 11) is 0. The summed E-state index contributed by atoms with van der Waals surface area (Å²) in [6, 6.07) is -0.611. The minimum atomic E-state index is -1.18. The maximum atomic E-state index is 12.2. The van der Waals surface area contributed by atoms with E-state index in [-0.39, 0.29) is 11.3 Å². The summed E-state index contributed by atoms with van der Waals surface area (Å²) in [5.41, 5.74) is -1.18. The lowest BCUT2D eigenvalue weighted by Crippen LogP contribution is -2.62. The molecule has 1 heterocycles. The number of urea groups is 1. The average Bonchev–Trinajstić information content (AvgIpc) is 2.20. The first-order valence-electron chi connectivity index (χ1n) is 6.15. The second-order valence-corrected chi connectivity index (χ2v) is 6.57. The highest BCUT2D eigenvalue weighted by atomic mass is 16.2. The molecule has 0 aliphatic carbocycles. The van der Waals surface area contributed by atoms with Crippen LogP contribution < -0.4 is 5.32 Å². The van der Waals surface area contributed by atoms with E-state index in [0.717, 1.165) is 4.90 Å². The monoisotopic (exact) mass is 254 g/mol. The number of carbonyl (C=O) groups is 3. The van der Waals surface area contributed by atoms with Crippen LogP contribution in [0.2, 0.25) is 0 Å². The summed E-state index contributed by atoms with van der Waals surface area (Å²) in [6.07, 6.45) is 0. The van der Waals surface area contributed by atoms with Gasteiger partial charge in [-0.25, -0.2) is 4.79 Å². The fraction of sp³-hybridized carbons (Fsp3) is 0.769. The van der Waals surface area contributed by atoms with Gasteiger partial charge in [0.2, 0.25) is 11.8 Å². The molecule has 102 valence electrons. The Morgan fingerprint density at radius 1 is 1.22 bits per heavy atom. The molecule has 18 heavy (non-hydrogen) atoms. The number of nitrogens with one attached hydrogen (secondary N) is 1. The Labute approximate surface area is 108 Å². The van der Waals surface area contributed by atoms with E-state index in [1.807, 2.05) is 6.92 Å². The van der Waals surface area contributed by atoms with Crippen LogP contribution in [0.1, 0.15) is 41.5 Å². The molecule has 1 N–H and O–H groups in total. The molecule has 5 heteroatoms. The number of imide groups is 2. The first-order valence-corrected chi connectivity index (χ1v) is 6.15. The Morgan fingerprint density at radius 2 is 1.72 bits per heavy atom. The topological polar surface area (TPSA) is 66.5 Å². The summed E-state index contributed by atoms with van der Waals surface area (Å²) in [5, 5.41) is 2.23. The molecule has 0 aromatic rings. The van der Waals surface area contributed by atoms with E-state index in [2.05, 4.69) is 26.1 Å². The van der Waals surface area contributed by atoms with Crippen molar-refractivity contribution in [2.45, 2.75) is 41.5 Å². The van der Waals surface area contributed by atoms with Gasteiger partial charge in [0.05, 0.1) is 0 Å². The Bertz CT molecular complexity index is 394. The quantitative estimate of drug-likeness (QED) is 0.764. The number of carbonyl (C=O) groups excluding carboxylic acids is 3. The van der Waals surface area contributed by atoms with Crippen molar-refractivity contribution < 1.29 is 14.4 Å². The predicted octanol–water partition coefficient (Wildman–Crippen LogP) is 1.77. The zero-order valence-corrected chi connectivity index (χ0v) is 12.0. The van der Waals surface area contributed by atoms with Crippen LogP contribution in [0, 0.1) is 16.7 Å². The zero-order valence-electron chi connectivity index (χ0n) is 12.0. The van der Waals surface area contributed by atoms with Crippen molar-refractivity contribution in [2.75, 3.05) is 6.54 Å². The third-order valence-electron chi connectivity index (χ3n) is 3.75. The van der Waals surface area contributed by atoms with Crippen LogP contribution in [0.3, 0.4) is 0 Å². The minimum absolute atomic E-state index is 0.00778. The van der Waals surface area contributed by atoms with Crippen LogP contribution >= 0.6 is 0 Å². The molecule has 0 spiro atoms. The van der Waals surface area contributed by atoms with Crippen LogP contribution in [0.5, 0.6) is 0 Å². The third-order valence-corrected chi connectivity index (χ3v) is 3.75. The molecule has 1 unspecified atom stereocenters. The van der Waals surface area contributed by atoms with E-state index in [4.69, 9.17) is 0 Å². The van der Waals surface area contributed by atoms with E-state index in [1.165, 1.54) is 13.8 Å². The second kappa shape index (κ2) is 4.37. The number of rotatable bonds is 2. The highest BCUT2D eigenvalue weighted by molar-refractivity contribution is 6.18. The van der Waals surface area contributed by atoms with Crippen molar-refractivity contribution in [1.82, 2.24) is 10.2 Å². The molecule has 1 atom stereocenters. The van der Waals surface area contributed by atoms with Gasteiger partial charge in [-0.3, -0.25) is 19.8 Å². The van der Waals surface area contributed by atoms with Crippen LogP contribution in [0.25, 0.3) is 0 Å². The van der Waals surface area contributed by atoms with E-state index < -0.39 is 23.3 Å². The molecular weight excluding hydrogens is 232 g/mol. The Hall–Kier alpha value is -1.39. The fourth-order valence-electron chi connectivity index (χ4n) is 1.56. The fourth-order valence-corrected chi connectivity index (χ4v) is 1.56. The molecule has 0 aromatic carbocycles. The number of nitrogens with zero attached hydrogens (tertiary/aromatic N) is 1. The van der Waals surface area contributed by atoms with Crippen LogP contribution in [0.4, 0.5) is 4.79 Å². The van der Waals surface area contributed by atoms with Crippen molar-refractivity contribution >= 4 is 17.8 Å². The molecule has 0 bridgehead atoms. The molecule has 1 aliphatic rings. The number of hydrogen-bond acceptors (Lipinski definition) is 3. The lowest BCUT2D eigenvalue weighted by molar-refractivity contribution is -0.149. The third kappa shape index (κ3) is 2.54. The summed E-state index contributed by atoms with van der Waals surface area (Å²) in [5.74, 6) is -0.805. The van der Waals surface area contributed by atoms with Gasteiger partial charge in [-0.05, 0) is 25.2 Å². The first-order chi connectivity index (χ1) is 7.98. The van der Waals surface area contributed by atoms with Gasteiger partial charge in [-0.2, -0.15) is 0 Å². The van der Waals surface area contributed by atoms with E-state index >= 15 is 0 Å². The second-order valence-electron chi connectivity index (χ2n) is 6.57. The molecule has 1 rings (SSSR count). The van der Waals surface area contributed by atoms with Crippen LogP contribution in [-0.4, -0.2) is 29.3 Å². The average molecular weight is 254 g/mol. The van der Waals surface area contributed by atoms with Gasteiger partial charge in [0.25, 0.3) is 0 Å². The lowest BCUT2D eigenvalue weighted by atomic mass is 9.81. The summed E-state index contributed by atoms with van der Waals surface area (Å²) >= 11 is 0. The maximum absolute atomic E-state index is 12.2. The SMILES string of the molecule is CC(CN1C(=O)NC(=O)C(C)(C)C1=O)C(C)(C)C. The highest BCUT2D eigenvalue weighted by Crippen LogP contribution is 2.29. The molecule has 0 aromatic heterocycles. The number of amides is 4. The Kier molecular flexibility index (Phi) is 3.56. The van der Waals surface area contributed by atoms with Gasteiger partial charge >= 0.3 is 6.03 Å². The van der Waals surface area contributed by atoms with Crippen molar-refractivity contribution in [2.24, 2.45) is 16.7 Å². The Balaban J connectivity index is 2.92. The smallest absolute Gasteiger partial charge is 0.277 e. The molecule has 1 aliphatic heterocycles. The molecule has 0 saturated carbocycles.